The number of rotatable bonds is 5. The summed E-state index contributed by atoms with van der Waals surface area (Å²) in [6, 6.07) is 0. The summed E-state index contributed by atoms with van der Waals surface area (Å²) in [5.74, 6) is 0. The lowest BCUT2D eigenvalue weighted by Crippen LogP contribution is -2.46. The SMILES string of the molecule is CCCOC[N+]1(CC)CCCC1. The van der Waals surface area contributed by atoms with Crippen molar-refractivity contribution in [2.24, 2.45) is 0 Å². The van der Waals surface area contributed by atoms with Crippen LogP contribution in [0.4, 0.5) is 0 Å². The molecule has 0 amide bonds. The van der Waals surface area contributed by atoms with E-state index >= 15 is 0 Å². The zero-order chi connectivity index (χ0) is 8.86. The molecule has 0 aromatic heterocycles. The summed E-state index contributed by atoms with van der Waals surface area (Å²) in [6.07, 6.45) is 3.93. The van der Waals surface area contributed by atoms with E-state index in [0.29, 0.717) is 0 Å². The van der Waals surface area contributed by atoms with Gasteiger partial charge in [0.15, 0.2) is 6.73 Å². The van der Waals surface area contributed by atoms with E-state index in [1.807, 2.05) is 0 Å². The van der Waals surface area contributed by atoms with Gasteiger partial charge in [-0.3, -0.25) is 0 Å². The highest BCUT2D eigenvalue weighted by atomic mass is 16.5. The van der Waals surface area contributed by atoms with Crippen molar-refractivity contribution in [1.29, 1.82) is 0 Å². The minimum absolute atomic E-state index is 0.931. The van der Waals surface area contributed by atoms with Crippen LogP contribution in [0.2, 0.25) is 0 Å². The fourth-order valence-corrected chi connectivity index (χ4v) is 1.95. The molecule has 0 spiro atoms. The van der Waals surface area contributed by atoms with Crippen LogP contribution >= 0.6 is 0 Å². The predicted octanol–water partition coefficient (Wildman–Crippen LogP) is 2.00. The van der Waals surface area contributed by atoms with Gasteiger partial charge in [-0.2, -0.15) is 0 Å². The molecule has 1 aliphatic heterocycles. The van der Waals surface area contributed by atoms with E-state index in [2.05, 4.69) is 13.8 Å². The molecule has 0 aromatic carbocycles. The van der Waals surface area contributed by atoms with Crippen LogP contribution in [0.15, 0.2) is 0 Å². The average Bonchev–Trinajstić information content (AvgIpc) is 2.55. The van der Waals surface area contributed by atoms with Crippen LogP contribution < -0.4 is 0 Å². The number of quaternary nitrogens is 1. The predicted molar refractivity (Wildman–Crippen MR) is 50.9 cm³/mol. The molecule has 1 rings (SSSR count). The van der Waals surface area contributed by atoms with Crippen LogP contribution in [-0.2, 0) is 4.74 Å². The maximum absolute atomic E-state index is 5.63. The molecular formula is C10H22NO+. The molecule has 2 heteroatoms. The van der Waals surface area contributed by atoms with Gasteiger partial charge in [-0.1, -0.05) is 6.92 Å². The van der Waals surface area contributed by atoms with Gasteiger partial charge in [0, 0.05) is 12.8 Å². The molecule has 1 heterocycles. The Morgan fingerprint density at radius 1 is 1.17 bits per heavy atom. The van der Waals surface area contributed by atoms with Gasteiger partial charge in [-0.05, 0) is 13.3 Å². The summed E-state index contributed by atoms with van der Waals surface area (Å²) in [7, 11) is 0. The first-order chi connectivity index (χ1) is 5.83. The van der Waals surface area contributed by atoms with E-state index in [9.17, 15) is 0 Å². The van der Waals surface area contributed by atoms with E-state index in [1.54, 1.807) is 0 Å². The lowest BCUT2D eigenvalue weighted by molar-refractivity contribution is -0.933. The third-order valence-electron chi connectivity index (χ3n) is 2.90. The van der Waals surface area contributed by atoms with Gasteiger partial charge in [-0.15, -0.1) is 0 Å². The third-order valence-corrected chi connectivity index (χ3v) is 2.90. The van der Waals surface area contributed by atoms with Crippen LogP contribution in [0.5, 0.6) is 0 Å². The van der Waals surface area contributed by atoms with Crippen molar-refractivity contribution in [2.45, 2.75) is 33.1 Å². The second-order valence-electron chi connectivity index (χ2n) is 3.85. The van der Waals surface area contributed by atoms with E-state index in [-0.39, 0.29) is 0 Å². The third kappa shape index (κ3) is 2.46. The smallest absolute Gasteiger partial charge is 0.183 e. The van der Waals surface area contributed by atoms with Crippen molar-refractivity contribution in [3.05, 3.63) is 0 Å². The molecule has 0 aromatic rings. The van der Waals surface area contributed by atoms with Crippen molar-refractivity contribution in [1.82, 2.24) is 0 Å². The first-order valence-corrected chi connectivity index (χ1v) is 5.26. The summed E-state index contributed by atoms with van der Waals surface area (Å²) in [5, 5.41) is 0. The zero-order valence-corrected chi connectivity index (χ0v) is 8.51. The van der Waals surface area contributed by atoms with Crippen molar-refractivity contribution in [3.8, 4) is 0 Å². The molecule has 0 unspecified atom stereocenters. The quantitative estimate of drug-likeness (QED) is 0.455. The Kier molecular flexibility index (Phi) is 4.02. The fourth-order valence-electron chi connectivity index (χ4n) is 1.95. The summed E-state index contributed by atoms with van der Waals surface area (Å²) in [6.45, 7) is 10.2. The molecule has 1 fully saturated rings. The molecule has 0 saturated carbocycles. The number of nitrogens with zero attached hydrogens (tertiary/aromatic N) is 1. The molecule has 0 aliphatic carbocycles. The van der Waals surface area contributed by atoms with Crippen molar-refractivity contribution >= 4 is 0 Å². The zero-order valence-electron chi connectivity index (χ0n) is 8.51. The largest absolute Gasteiger partial charge is 0.332 e. The maximum Gasteiger partial charge on any atom is 0.183 e. The van der Waals surface area contributed by atoms with Crippen LogP contribution in [0.25, 0.3) is 0 Å². The molecule has 2 nitrogen and oxygen atoms in total. The Hall–Kier alpha value is -0.0800. The summed E-state index contributed by atoms with van der Waals surface area (Å²) in [4.78, 5) is 0. The minimum atomic E-state index is 0.931. The molecule has 12 heavy (non-hydrogen) atoms. The molecule has 0 atom stereocenters. The Bertz CT molecular complexity index is 119. The van der Waals surface area contributed by atoms with Crippen LogP contribution in [0.3, 0.4) is 0 Å². The van der Waals surface area contributed by atoms with Crippen molar-refractivity contribution in [2.75, 3.05) is 33.0 Å². The normalized spacial score (nSPS) is 21.5. The monoisotopic (exact) mass is 172 g/mol. The van der Waals surface area contributed by atoms with Gasteiger partial charge in [-0.25, -0.2) is 0 Å². The second-order valence-corrected chi connectivity index (χ2v) is 3.85. The fraction of sp³-hybridized carbons (Fsp3) is 1.00. The minimum Gasteiger partial charge on any atom is -0.332 e. The van der Waals surface area contributed by atoms with E-state index in [4.69, 9.17) is 4.74 Å². The molecule has 1 saturated heterocycles. The molecule has 0 bridgehead atoms. The standard InChI is InChI=1S/C10H22NO/c1-3-9-12-10-11(4-2)7-5-6-8-11/h3-10H2,1-2H3/q+1. The van der Waals surface area contributed by atoms with Crippen molar-refractivity contribution < 1.29 is 9.22 Å². The lowest BCUT2D eigenvalue weighted by atomic mass is 10.4. The van der Waals surface area contributed by atoms with Crippen LogP contribution in [0, 0.1) is 0 Å². The second kappa shape index (κ2) is 4.83. The topological polar surface area (TPSA) is 9.23 Å². The summed E-state index contributed by atoms with van der Waals surface area (Å²) in [5.41, 5.74) is 0. The number of hydrogen-bond acceptors (Lipinski definition) is 1. The Morgan fingerprint density at radius 3 is 2.33 bits per heavy atom. The van der Waals surface area contributed by atoms with Gasteiger partial charge in [0.1, 0.15) is 0 Å². The van der Waals surface area contributed by atoms with Gasteiger partial charge in [0.2, 0.25) is 0 Å². The summed E-state index contributed by atoms with van der Waals surface area (Å²) >= 11 is 0. The highest BCUT2D eigenvalue weighted by Crippen LogP contribution is 2.18. The highest BCUT2D eigenvalue weighted by Gasteiger charge is 2.29. The molecule has 0 radical (unpaired) electrons. The van der Waals surface area contributed by atoms with Crippen LogP contribution in [-0.4, -0.2) is 37.5 Å². The Labute approximate surface area is 76.1 Å². The molecule has 0 N–H and O–H groups in total. The lowest BCUT2D eigenvalue weighted by Gasteiger charge is -2.32. The van der Waals surface area contributed by atoms with Gasteiger partial charge < -0.3 is 9.22 Å². The van der Waals surface area contributed by atoms with E-state index in [0.717, 1.165) is 19.8 Å². The van der Waals surface area contributed by atoms with Crippen LogP contribution in [0.1, 0.15) is 33.1 Å². The van der Waals surface area contributed by atoms with Gasteiger partial charge in [0.25, 0.3) is 0 Å². The van der Waals surface area contributed by atoms with E-state index < -0.39 is 0 Å². The number of likely N-dealkylation sites (tertiary alicyclic amines) is 1. The first kappa shape index (κ1) is 10.0. The Morgan fingerprint density at radius 2 is 1.83 bits per heavy atom. The maximum atomic E-state index is 5.63. The Balaban J connectivity index is 2.24. The summed E-state index contributed by atoms with van der Waals surface area (Å²) < 4.78 is 6.84. The van der Waals surface area contributed by atoms with Gasteiger partial charge in [0.05, 0.1) is 26.2 Å². The van der Waals surface area contributed by atoms with E-state index in [1.165, 1.54) is 37.0 Å². The molecule has 1 aliphatic rings. The van der Waals surface area contributed by atoms with Gasteiger partial charge >= 0.3 is 0 Å². The first-order valence-electron chi connectivity index (χ1n) is 5.26. The number of hydrogen-bond donors (Lipinski definition) is 0. The van der Waals surface area contributed by atoms with Crippen molar-refractivity contribution in [3.63, 3.8) is 0 Å². The number of ether oxygens (including phenoxy) is 1. The molecule has 72 valence electrons. The highest BCUT2D eigenvalue weighted by molar-refractivity contribution is 4.50. The molecular weight excluding hydrogens is 150 g/mol. The average molecular weight is 172 g/mol.